The molecule has 3 aromatic rings. The van der Waals surface area contributed by atoms with Gasteiger partial charge in [-0.3, -0.25) is 9.59 Å². The summed E-state index contributed by atoms with van der Waals surface area (Å²) in [4.78, 5) is 30.1. The Balaban J connectivity index is 1.60. The fourth-order valence-corrected chi connectivity index (χ4v) is 4.63. The zero-order chi connectivity index (χ0) is 26.2. The standard InChI is InChI=1S/C29H30Cl2N2O4/c1-32-15-5-6-16-33(28(34)20-36-25-12-9-22(30)10-13-25)24(17-21-7-3-2-4-8-21)19-37-27-14-11-23(31)18-26(27)29(32)35/h2-4,7-14,18,24H,5-6,15-17,19-20H2,1H3/t24-/m0/s1. The lowest BCUT2D eigenvalue weighted by Gasteiger charge is -2.33. The molecule has 0 fully saturated rings. The van der Waals surface area contributed by atoms with Crippen molar-refractivity contribution in [3.8, 4) is 11.5 Å². The molecule has 0 radical (unpaired) electrons. The van der Waals surface area contributed by atoms with Gasteiger partial charge in [-0.05, 0) is 67.3 Å². The SMILES string of the molecule is CN1CCCCN(C(=O)COc2ccc(Cl)cc2)[C@@H](Cc2ccccc2)COc2ccc(Cl)cc2C1=O. The van der Waals surface area contributed by atoms with Gasteiger partial charge in [0.25, 0.3) is 11.8 Å². The summed E-state index contributed by atoms with van der Waals surface area (Å²) in [5.41, 5.74) is 1.50. The zero-order valence-electron chi connectivity index (χ0n) is 20.7. The van der Waals surface area contributed by atoms with Crippen molar-refractivity contribution in [3.63, 3.8) is 0 Å². The molecular formula is C29H30Cl2N2O4. The molecule has 1 aliphatic heterocycles. The average molecular weight is 541 g/mol. The van der Waals surface area contributed by atoms with Crippen LogP contribution in [0.15, 0.2) is 72.8 Å². The van der Waals surface area contributed by atoms with Crippen LogP contribution < -0.4 is 9.47 Å². The number of carbonyl (C=O) groups is 2. The van der Waals surface area contributed by atoms with E-state index in [0.717, 1.165) is 18.4 Å². The number of halogens is 2. The third-order valence-corrected chi connectivity index (χ3v) is 6.83. The molecule has 2 amide bonds. The third kappa shape index (κ3) is 7.40. The fraction of sp³-hybridized carbons (Fsp3) is 0.310. The van der Waals surface area contributed by atoms with E-state index < -0.39 is 0 Å². The molecule has 0 aromatic heterocycles. The number of hydrogen-bond donors (Lipinski definition) is 0. The predicted octanol–water partition coefficient (Wildman–Crippen LogP) is 5.76. The van der Waals surface area contributed by atoms with Gasteiger partial charge in [0.15, 0.2) is 6.61 Å². The number of benzene rings is 3. The number of amides is 2. The number of ether oxygens (including phenoxy) is 2. The van der Waals surface area contributed by atoms with Gasteiger partial charge in [-0.15, -0.1) is 0 Å². The molecule has 1 heterocycles. The number of nitrogens with zero attached hydrogens (tertiary/aromatic N) is 2. The summed E-state index contributed by atoms with van der Waals surface area (Å²) in [5.74, 6) is 0.762. The van der Waals surface area contributed by atoms with Crippen LogP contribution in [0.4, 0.5) is 0 Å². The van der Waals surface area contributed by atoms with Crippen molar-refractivity contribution in [3.05, 3.63) is 94.0 Å². The predicted molar refractivity (Wildman–Crippen MR) is 146 cm³/mol. The van der Waals surface area contributed by atoms with Gasteiger partial charge in [0.05, 0.1) is 11.6 Å². The maximum Gasteiger partial charge on any atom is 0.260 e. The largest absolute Gasteiger partial charge is 0.491 e. The number of hydrogen-bond acceptors (Lipinski definition) is 4. The monoisotopic (exact) mass is 540 g/mol. The van der Waals surface area contributed by atoms with Crippen LogP contribution in [0.1, 0.15) is 28.8 Å². The minimum Gasteiger partial charge on any atom is -0.491 e. The first-order valence-corrected chi connectivity index (χ1v) is 13.1. The molecule has 0 unspecified atom stereocenters. The van der Waals surface area contributed by atoms with Gasteiger partial charge in [-0.1, -0.05) is 53.5 Å². The van der Waals surface area contributed by atoms with E-state index in [-0.39, 0.29) is 31.1 Å². The molecule has 6 nitrogen and oxygen atoms in total. The molecule has 1 aliphatic rings. The molecule has 0 saturated carbocycles. The highest BCUT2D eigenvalue weighted by atomic mass is 35.5. The van der Waals surface area contributed by atoms with E-state index in [4.69, 9.17) is 32.7 Å². The minimum absolute atomic E-state index is 0.0997. The molecule has 0 spiro atoms. The second-order valence-electron chi connectivity index (χ2n) is 9.06. The molecule has 0 aliphatic carbocycles. The van der Waals surface area contributed by atoms with Crippen molar-refractivity contribution >= 4 is 35.0 Å². The maximum absolute atomic E-state index is 13.5. The van der Waals surface area contributed by atoms with Gasteiger partial charge >= 0.3 is 0 Å². The first-order valence-electron chi connectivity index (χ1n) is 12.3. The molecule has 0 bridgehead atoms. The normalized spacial score (nSPS) is 16.7. The van der Waals surface area contributed by atoms with Gasteiger partial charge in [0.2, 0.25) is 0 Å². The molecule has 0 saturated heterocycles. The Kier molecular flexibility index (Phi) is 9.31. The van der Waals surface area contributed by atoms with Gasteiger partial charge < -0.3 is 19.3 Å². The smallest absolute Gasteiger partial charge is 0.260 e. The van der Waals surface area contributed by atoms with Crippen LogP contribution in [0.2, 0.25) is 10.0 Å². The first-order chi connectivity index (χ1) is 17.9. The van der Waals surface area contributed by atoms with Crippen molar-refractivity contribution in [2.45, 2.75) is 25.3 Å². The Morgan fingerprint density at radius 2 is 1.68 bits per heavy atom. The molecule has 8 heteroatoms. The maximum atomic E-state index is 13.5. The summed E-state index contributed by atoms with van der Waals surface area (Å²) >= 11 is 12.2. The van der Waals surface area contributed by atoms with Gasteiger partial charge in [0, 0.05) is 30.2 Å². The Morgan fingerprint density at radius 1 is 0.973 bits per heavy atom. The van der Waals surface area contributed by atoms with Crippen LogP contribution in [0.5, 0.6) is 11.5 Å². The summed E-state index contributed by atoms with van der Waals surface area (Å²) in [6.45, 7) is 1.20. The van der Waals surface area contributed by atoms with E-state index in [1.165, 1.54) is 0 Å². The lowest BCUT2D eigenvalue weighted by molar-refractivity contribution is -0.136. The van der Waals surface area contributed by atoms with Crippen molar-refractivity contribution in [2.75, 3.05) is 33.4 Å². The number of rotatable bonds is 5. The van der Waals surface area contributed by atoms with E-state index in [2.05, 4.69) is 0 Å². The molecule has 1 atom stereocenters. The van der Waals surface area contributed by atoms with Crippen LogP contribution in [0.3, 0.4) is 0 Å². The molecular weight excluding hydrogens is 511 g/mol. The molecule has 4 rings (SSSR count). The Bertz CT molecular complexity index is 1200. The van der Waals surface area contributed by atoms with Crippen LogP contribution in [0, 0.1) is 0 Å². The zero-order valence-corrected chi connectivity index (χ0v) is 22.3. The van der Waals surface area contributed by atoms with E-state index >= 15 is 0 Å². The lowest BCUT2D eigenvalue weighted by Crippen LogP contribution is -2.47. The molecule has 0 N–H and O–H groups in total. The first kappa shape index (κ1) is 26.8. The van der Waals surface area contributed by atoms with Gasteiger partial charge in [-0.25, -0.2) is 0 Å². The summed E-state index contributed by atoms with van der Waals surface area (Å²) in [5, 5.41) is 1.07. The molecule has 194 valence electrons. The van der Waals surface area contributed by atoms with Crippen LogP contribution in [0.25, 0.3) is 0 Å². The van der Waals surface area contributed by atoms with E-state index in [1.54, 1.807) is 54.4 Å². The average Bonchev–Trinajstić information content (AvgIpc) is 2.90. The Morgan fingerprint density at radius 3 is 2.43 bits per heavy atom. The third-order valence-electron chi connectivity index (χ3n) is 6.34. The molecule has 37 heavy (non-hydrogen) atoms. The lowest BCUT2D eigenvalue weighted by atomic mass is 10.0. The van der Waals surface area contributed by atoms with Gasteiger partial charge in [-0.2, -0.15) is 0 Å². The number of fused-ring (bicyclic) bond motifs is 1. The second-order valence-corrected chi connectivity index (χ2v) is 9.93. The van der Waals surface area contributed by atoms with Crippen LogP contribution >= 0.6 is 23.2 Å². The van der Waals surface area contributed by atoms with E-state index in [1.807, 2.05) is 35.2 Å². The number of carbonyl (C=O) groups excluding carboxylic acids is 2. The summed E-state index contributed by atoms with van der Waals surface area (Å²) < 4.78 is 12.0. The second kappa shape index (κ2) is 12.8. The fourth-order valence-electron chi connectivity index (χ4n) is 4.33. The highest BCUT2D eigenvalue weighted by molar-refractivity contribution is 6.31. The minimum atomic E-state index is -0.264. The highest BCUT2D eigenvalue weighted by Gasteiger charge is 2.27. The quantitative estimate of drug-likeness (QED) is 0.413. The van der Waals surface area contributed by atoms with Gasteiger partial charge in [0.1, 0.15) is 18.1 Å². The topological polar surface area (TPSA) is 59.1 Å². The van der Waals surface area contributed by atoms with Crippen molar-refractivity contribution < 1.29 is 19.1 Å². The summed E-state index contributed by atoms with van der Waals surface area (Å²) in [7, 11) is 1.76. The Labute approximate surface area is 227 Å². The van der Waals surface area contributed by atoms with E-state index in [9.17, 15) is 9.59 Å². The highest BCUT2D eigenvalue weighted by Crippen LogP contribution is 2.26. The van der Waals surface area contributed by atoms with Crippen LogP contribution in [-0.4, -0.2) is 61.0 Å². The Hall–Kier alpha value is -3.22. The summed E-state index contributed by atoms with van der Waals surface area (Å²) in [6.07, 6.45) is 2.08. The van der Waals surface area contributed by atoms with Crippen molar-refractivity contribution in [1.82, 2.24) is 9.80 Å². The van der Waals surface area contributed by atoms with Crippen molar-refractivity contribution in [1.29, 1.82) is 0 Å². The van der Waals surface area contributed by atoms with Crippen LogP contribution in [-0.2, 0) is 11.2 Å². The van der Waals surface area contributed by atoms with Crippen molar-refractivity contribution in [2.24, 2.45) is 0 Å². The molecule has 3 aromatic carbocycles. The summed E-state index contributed by atoms with van der Waals surface area (Å²) in [6, 6.07) is 21.7. The van der Waals surface area contributed by atoms with E-state index in [0.29, 0.717) is 46.6 Å².